The number of aromatic nitrogens is 7. The van der Waals surface area contributed by atoms with Crippen LogP contribution < -0.4 is 10.6 Å². The van der Waals surface area contributed by atoms with E-state index in [-0.39, 0.29) is 40.4 Å². The molecule has 3 heterocycles. The summed E-state index contributed by atoms with van der Waals surface area (Å²) in [7, 11) is 0. The summed E-state index contributed by atoms with van der Waals surface area (Å²) in [6, 6.07) is 7.95. The van der Waals surface area contributed by atoms with Crippen molar-refractivity contribution < 1.29 is 22.8 Å². The van der Waals surface area contributed by atoms with Crippen LogP contribution in [0.2, 0.25) is 0 Å². The monoisotopic (exact) mass is 717 g/mol. The van der Waals surface area contributed by atoms with Crippen LogP contribution in [0.15, 0.2) is 41.0 Å². The number of carbonyl (C=O) groups excluding carboxylic acids is 2. The van der Waals surface area contributed by atoms with E-state index in [9.17, 15) is 22.8 Å². The fraction of sp³-hybridized carbons (Fsp3) is 0.261. The van der Waals surface area contributed by atoms with Crippen LogP contribution in [-0.2, 0) is 12.7 Å². The van der Waals surface area contributed by atoms with Crippen molar-refractivity contribution >= 4 is 56.0 Å². The molecule has 0 atom stereocenters. The summed E-state index contributed by atoms with van der Waals surface area (Å²) in [5.74, 6) is -2.12. The number of alkyl halides is 3. The molecular weight excluding hydrogens is 698 g/mol. The maximum absolute atomic E-state index is 13.6. The second kappa shape index (κ2) is 11.4. The Hall–Kier alpha value is -3.41. The molecule has 0 aliphatic heterocycles. The third-order valence-electron chi connectivity index (χ3n) is 5.23. The van der Waals surface area contributed by atoms with E-state index in [0.29, 0.717) is 14.7 Å². The molecule has 0 fully saturated rings. The molecule has 16 heteroatoms. The number of hydrogen-bond acceptors (Lipinski definition) is 7. The fourth-order valence-corrected chi connectivity index (χ4v) is 4.84. The van der Waals surface area contributed by atoms with Gasteiger partial charge in [-0.05, 0) is 106 Å². The molecule has 0 radical (unpaired) electrons. The van der Waals surface area contributed by atoms with Gasteiger partial charge in [-0.2, -0.15) is 18.3 Å². The Balaban J connectivity index is 1.77. The molecule has 0 spiro atoms. The summed E-state index contributed by atoms with van der Waals surface area (Å²) in [5.41, 5.74) is 1.20. The second-order valence-electron chi connectivity index (χ2n) is 8.63. The number of benzene rings is 1. The first-order valence-electron chi connectivity index (χ1n) is 11.3. The lowest BCUT2D eigenvalue weighted by atomic mass is 10.1. The Morgan fingerprint density at radius 3 is 2.59 bits per heavy atom. The van der Waals surface area contributed by atoms with Crippen molar-refractivity contribution in [3.05, 3.63) is 72.9 Å². The molecule has 39 heavy (non-hydrogen) atoms. The van der Waals surface area contributed by atoms with Crippen LogP contribution in [0.4, 0.5) is 18.9 Å². The quantitative estimate of drug-likeness (QED) is 0.271. The van der Waals surface area contributed by atoms with Crippen molar-refractivity contribution in [2.45, 2.75) is 39.5 Å². The average molecular weight is 718 g/mol. The zero-order chi connectivity index (χ0) is 28.5. The fourth-order valence-electron chi connectivity index (χ4n) is 3.64. The van der Waals surface area contributed by atoms with Gasteiger partial charge in [-0.25, -0.2) is 14.3 Å². The Labute approximate surface area is 241 Å². The SMILES string of the molecule is Cc1cc(I)cc(C(=O)NC(C)C)c1NC(=O)c1cc(Cn2nnnc2C(F)(F)F)nn1-c1ncccc1Br. The smallest absolute Gasteiger partial charge is 0.350 e. The van der Waals surface area contributed by atoms with Crippen LogP contribution in [0.5, 0.6) is 0 Å². The molecule has 0 saturated heterocycles. The number of carbonyl (C=O) groups is 2. The number of amides is 2. The molecule has 1 aromatic carbocycles. The van der Waals surface area contributed by atoms with Gasteiger partial charge in [-0.1, -0.05) is 0 Å². The van der Waals surface area contributed by atoms with Crippen LogP contribution in [0.1, 0.15) is 51.8 Å². The highest BCUT2D eigenvalue weighted by atomic mass is 127. The number of nitrogens with one attached hydrogen (secondary N) is 2. The van der Waals surface area contributed by atoms with Crippen molar-refractivity contribution in [3.63, 3.8) is 0 Å². The van der Waals surface area contributed by atoms with Gasteiger partial charge < -0.3 is 10.6 Å². The van der Waals surface area contributed by atoms with E-state index in [1.807, 2.05) is 13.8 Å². The molecule has 11 nitrogen and oxygen atoms in total. The Morgan fingerprint density at radius 1 is 1.18 bits per heavy atom. The predicted molar refractivity (Wildman–Crippen MR) is 145 cm³/mol. The van der Waals surface area contributed by atoms with Gasteiger partial charge in [0.25, 0.3) is 17.6 Å². The molecule has 4 aromatic rings. The first kappa shape index (κ1) is 28.6. The third-order valence-corrected chi connectivity index (χ3v) is 6.47. The van der Waals surface area contributed by atoms with Gasteiger partial charge in [0.15, 0.2) is 5.82 Å². The number of rotatable bonds is 7. The predicted octanol–water partition coefficient (Wildman–Crippen LogP) is 4.39. The largest absolute Gasteiger partial charge is 0.453 e. The van der Waals surface area contributed by atoms with E-state index < -0.39 is 24.5 Å². The molecule has 2 amide bonds. The molecular formula is C23H20BrF3IN9O2. The molecule has 0 bridgehead atoms. The van der Waals surface area contributed by atoms with E-state index in [2.05, 4.69) is 74.8 Å². The molecule has 0 aliphatic carbocycles. The second-order valence-corrected chi connectivity index (χ2v) is 10.7. The van der Waals surface area contributed by atoms with Crippen molar-refractivity contribution in [2.24, 2.45) is 0 Å². The molecule has 0 unspecified atom stereocenters. The van der Waals surface area contributed by atoms with Crippen LogP contribution in [-0.4, -0.2) is 52.8 Å². The van der Waals surface area contributed by atoms with Gasteiger partial charge in [0.05, 0.1) is 28.0 Å². The Kier molecular flexibility index (Phi) is 8.34. The highest BCUT2D eigenvalue weighted by Gasteiger charge is 2.38. The van der Waals surface area contributed by atoms with Gasteiger partial charge in [-0.15, -0.1) is 5.10 Å². The minimum atomic E-state index is -4.79. The number of pyridine rings is 1. The van der Waals surface area contributed by atoms with Gasteiger partial charge >= 0.3 is 6.18 Å². The van der Waals surface area contributed by atoms with Crippen molar-refractivity contribution in [1.29, 1.82) is 0 Å². The van der Waals surface area contributed by atoms with E-state index in [1.54, 1.807) is 31.2 Å². The molecule has 4 rings (SSSR count). The van der Waals surface area contributed by atoms with Gasteiger partial charge in [0.2, 0.25) is 0 Å². The molecule has 2 N–H and O–H groups in total. The van der Waals surface area contributed by atoms with E-state index >= 15 is 0 Å². The van der Waals surface area contributed by atoms with Crippen LogP contribution in [0.25, 0.3) is 5.82 Å². The molecule has 0 aliphatic rings. The van der Waals surface area contributed by atoms with E-state index in [4.69, 9.17) is 0 Å². The van der Waals surface area contributed by atoms with Gasteiger partial charge in [-0.3, -0.25) is 9.59 Å². The number of halogens is 5. The normalized spacial score (nSPS) is 11.6. The third kappa shape index (κ3) is 6.43. The van der Waals surface area contributed by atoms with Gasteiger partial charge in [0.1, 0.15) is 5.69 Å². The first-order valence-corrected chi connectivity index (χ1v) is 13.2. The molecule has 0 saturated carbocycles. The topological polar surface area (TPSA) is 133 Å². The highest BCUT2D eigenvalue weighted by Crippen LogP contribution is 2.28. The summed E-state index contributed by atoms with van der Waals surface area (Å²) in [6.07, 6.45) is -3.31. The van der Waals surface area contributed by atoms with Crippen LogP contribution in [0, 0.1) is 10.5 Å². The van der Waals surface area contributed by atoms with Crippen LogP contribution >= 0.6 is 38.5 Å². The number of hydrogen-bond donors (Lipinski definition) is 2. The van der Waals surface area contributed by atoms with Crippen molar-refractivity contribution in [1.82, 2.24) is 40.3 Å². The zero-order valence-electron chi connectivity index (χ0n) is 20.6. The van der Waals surface area contributed by atoms with E-state index in [1.165, 1.54) is 16.9 Å². The number of tetrazole rings is 1. The van der Waals surface area contributed by atoms with Crippen molar-refractivity contribution in [3.8, 4) is 5.82 Å². The number of anilines is 1. The first-order chi connectivity index (χ1) is 18.3. The lowest BCUT2D eigenvalue weighted by Gasteiger charge is -2.16. The summed E-state index contributed by atoms with van der Waals surface area (Å²) in [5, 5.41) is 19.5. The standard InChI is InChI=1S/C23H20BrF3IN9O2/c1-11(2)30-20(38)15-8-13(28)7-12(3)18(15)31-21(39)17-9-14(10-36-22(23(25,26)27)32-34-35-36)33-37(17)19-16(24)5-4-6-29-19/h4-9,11H,10H2,1-3H3,(H,30,38)(H,31,39). The maximum atomic E-state index is 13.6. The van der Waals surface area contributed by atoms with E-state index in [0.717, 1.165) is 3.57 Å². The highest BCUT2D eigenvalue weighted by molar-refractivity contribution is 14.1. The lowest BCUT2D eigenvalue weighted by molar-refractivity contribution is -0.147. The summed E-state index contributed by atoms with van der Waals surface area (Å²) >= 11 is 5.45. The average Bonchev–Trinajstić information content (AvgIpc) is 3.48. The number of nitrogens with zero attached hydrogens (tertiary/aromatic N) is 7. The lowest BCUT2D eigenvalue weighted by Crippen LogP contribution is -2.31. The minimum absolute atomic E-state index is 0.0424. The summed E-state index contributed by atoms with van der Waals surface area (Å²) < 4.78 is 42.9. The van der Waals surface area contributed by atoms with Crippen molar-refractivity contribution in [2.75, 3.05) is 5.32 Å². The number of aryl methyl sites for hydroxylation is 1. The van der Waals surface area contributed by atoms with Gasteiger partial charge in [0, 0.05) is 15.8 Å². The summed E-state index contributed by atoms with van der Waals surface area (Å²) in [4.78, 5) is 30.8. The minimum Gasteiger partial charge on any atom is -0.350 e. The zero-order valence-corrected chi connectivity index (χ0v) is 24.3. The molecule has 3 aromatic heterocycles. The Bertz CT molecular complexity index is 1550. The van der Waals surface area contributed by atoms with Crippen LogP contribution in [0.3, 0.4) is 0 Å². The Morgan fingerprint density at radius 2 is 1.92 bits per heavy atom. The maximum Gasteiger partial charge on any atom is 0.453 e. The molecule has 204 valence electrons. The summed E-state index contributed by atoms with van der Waals surface area (Å²) in [6.45, 7) is 4.91.